The third-order valence-corrected chi connectivity index (χ3v) is 2.31. The third kappa shape index (κ3) is 4.13. The van der Waals surface area contributed by atoms with Gasteiger partial charge in [-0.25, -0.2) is 0 Å². The summed E-state index contributed by atoms with van der Waals surface area (Å²) >= 11 is 11.4. The van der Waals surface area contributed by atoms with Crippen molar-refractivity contribution in [3.63, 3.8) is 0 Å². The highest BCUT2D eigenvalue weighted by Gasteiger charge is 2.14. The number of halogens is 2. The van der Waals surface area contributed by atoms with Gasteiger partial charge in [0.1, 0.15) is 11.9 Å². The summed E-state index contributed by atoms with van der Waals surface area (Å²) in [6.45, 7) is 0. The molecule has 1 rings (SSSR count). The van der Waals surface area contributed by atoms with Gasteiger partial charge in [-0.15, -0.1) is 0 Å². The Hall–Kier alpha value is -1.46. The fraction of sp³-hybridized carbons (Fsp3) is 0.200. The maximum absolute atomic E-state index is 10.6. The van der Waals surface area contributed by atoms with E-state index < -0.39 is 24.5 Å². The highest BCUT2D eigenvalue weighted by atomic mass is 35.5. The van der Waals surface area contributed by atoms with Crippen LogP contribution < -0.4 is 14.9 Å². The summed E-state index contributed by atoms with van der Waals surface area (Å²) in [7, 11) is 0. The highest BCUT2D eigenvalue weighted by Crippen LogP contribution is 2.28. The first-order valence-corrected chi connectivity index (χ1v) is 5.18. The number of hydrogen-bond donors (Lipinski definition) is 0. The minimum absolute atomic E-state index is 0.00603. The normalized spacial score (nSPS) is 11.9. The molecule has 0 aliphatic rings. The first-order valence-electron chi connectivity index (χ1n) is 4.42. The Kier molecular flexibility index (Phi) is 4.60. The summed E-state index contributed by atoms with van der Waals surface area (Å²) < 4.78 is 4.90. The summed E-state index contributed by atoms with van der Waals surface area (Å²) in [6.07, 6.45) is -2.50. The molecule has 0 unspecified atom stereocenters. The molecular formula is C10H6Cl2O5-2. The van der Waals surface area contributed by atoms with Crippen LogP contribution in [0.3, 0.4) is 0 Å². The smallest absolute Gasteiger partial charge is 0.143 e. The minimum atomic E-state index is -1.67. The highest BCUT2D eigenvalue weighted by molar-refractivity contribution is 6.35. The lowest BCUT2D eigenvalue weighted by Crippen LogP contribution is -2.43. The summed E-state index contributed by atoms with van der Waals surface area (Å²) in [4.78, 5) is 20.9. The maximum atomic E-state index is 10.6. The Morgan fingerprint density at radius 3 is 2.41 bits per heavy atom. The molecule has 1 aromatic rings. The van der Waals surface area contributed by atoms with Gasteiger partial charge in [-0.1, -0.05) is 23.2 Å². The topological polar surface area (TPSA) is 89.5 Å². The zero-order valence-electron chi connectivity index (χ0n) is 8.31. The molecule has 0 radical (unpaired) electrons. The van der Waals surface area contributed by atoms with E-state index in [1.165, 1.54) is 18.2 Å². The Labute approximate surface area is 107 Å². The molecule has 0 amide bonds. The SMILES string of the molecule is O=C([O-])C[C@@H](Oc1ccc(Cl)cc1Cl)C(=O)[O-]. The van der Waals surface area contributed by atoms with E-state index in [-0.39, 0.29) is 10.8 Å². The van der Waals surface area contributed by atoms with Gasteiger partial charge in [-0.3, -0.25) is 0 Å². The van der Waals surface area contributed by atoms with Gasteiger partial charge in [0.25, 0.3) is 0 Å². The van der Waals surface area contributed by atoms with E-state index in [4.69, 9.17) is 27.9 Å². The molecule has 0 saturated carbocycles. The van der Waals surface area contributed by atoms with E-state index in [2.05, 4.69) is 0 Å². The van der Waals surface area contributed by atoms with Gasteiger partial charge in [0, 0.05) is 17.4 Å². The van der Waals surface area contributed by atoms with Crippen LogP contribution in [0.2, 0.25) is 10.0 Å². The molecule has 0 spiro atoms. The van der Waals surface area contributed by atoms with Gasteiger partial charge >= 0.3 is 0 Å². The molecule has 0 N–H and O–H groups in total. The van der Waals surface area contributed by atoms with E-state index in [0.717, 1.165) is 0 Å². The van der Waals surface area contributed by atoms with Crippen LogP contribution in [0.25, 0.3) is 0 Å². The van der Waals surface area contributed by atoms with E-state index in [1.807, 2.05) is 0 Å². The van der Waals surface area contributed by atoms with Crippen molar-refractivity contribution >= 4 is 35.1 Å². The molecule has 0 fully saturated rings. The lowest BCUT2D eigenvalue weighted by atomic mass is 10.2. The summed E-state index contributed by atoms with van der Waals surface area (Å²) in [5, 5.41) is 21.3. The average Bonchev–Trinajstić information content (AvgIpc) is 2.19. The van der Waals surface area contributed by atoms with Crippen molar-refractivity contribution in [2.75, 3.05) is 0 Å². The minimum Gasteiger partial charge on any atom is -0.550 e. The Balaban J connectivity index is 2.86. The van der Waals surface area contributed by atoms with Crippen LogP contribution in [0, 0.1) is 0 Å². The zero-order chi connectivity index (χ0) is 13.0. The van der Waals surface area contributed by atoms with Gasteiger partial charge in [0.15, 0.2) is 0 Å². The van der Waals surface area contributed by atoms with E-state index in [1.54, 1.807) is 0 Å². The summed E-state index contributed by atoms with van der Waals surface area (Å²) in [5.41, 5.74) is 0. The van der Waals surface area contributed by atoms with Crippen molar-refractivity contribution in [2.24, 2.45) is 0 Å². The van der Waals surface area contributed by atoms with E-state index in [0.29, 0.717) is 5.02 Å². The van der Waals surface area contributed by atoms with E-state index >= 15 is 0 Å². The molecule has 92 valence electrons. The maximum Gasteiger partial charge on any atom is 0.143 e. The van der Waals surface area contributed by atoms with E-state index in [9.17, 15) is 19.8 Å². The van der Waals surface area contributed by atoms with Crippen LogP contribution in [-0.2, 0) is 9.59 Å². The number of benzene rings is 1. The van der Waals surface area contributed by atoms with Gasteiger partial charge in [0.05, 0.1) is 11.0 Å². The van der Waals surface area contributed by atoms with Crippen LogP contribution in [0.1, 0.15) is 6.42 Å². The van der Waals surface area contributed by atoms with Gasteiger partial charge in [0.2, 0.25) is 0 Å². The standard InChI is InChI=1S/C10H8Cl2O5/c11-5-1-2-7(6(12)3-5)17-8(10(15)16)4-9(13)14/h1-3,8H,4H2,(H,13,14)(H,15,16)/p-2/t8-/m1/s1. The molecule has 5 nitrogen and oxygen atoms in total. The molecule has 1 atom stereocenters. The first kappa shape index (κ1) is 13.6. The molecule has 0 heterocycles. The van der Waals surface area contributed by atoms with Gasteiger partial charge in [-0.2, -0.15) is 0 Å². The second-order valence-corrected chi connectivity index (χ2v) is 3.92. The Morgan fingerprint density at radius 2 is 1.94 bits per heavy atom. The largest absolute Gasteiger partial charge is 0.550 e. The molecular weight excluding hydrogens is 271 g/mol. The lowest BCUT2D eigenvalue weighted by molar-refractivity contribution is -0.322. The zero-order valence-corrected chi connectivity index (χ0v) is 9.83. The average molecular weight is 277 g/mol. The van der Waals surface area contributed by atoms with Crippen LogP contribution in [0.4, 0.5) is 0 Å². The molecule has 1 aromatic carbocycles. The number of carboxylic acids is 2. The quantitative estimate of drug-likeness (QED) is 0.732. The second-order valence-electron chi connectivity index (χ2n) is 3.08. The van der Waals surface area contributed by atoms with Crippen molar-refractivity contribution in [2.45, 2.75) is 12.5 Å². The number of ether oxygens (including phenoxy) is 1. The predicted molar refractivity (Wildman–Crippen MR) is 55.5 cm³/mol. The first-order chi connectivity index (χ1) is 7.90. The summed E-state index contributed by atoms with van der Waals surface area (Å²) in [6, 6.07) is 4.09. The number of hydrogen-bond acceptors (Lipinski definition) is 5. The molecule has 7 heteroatoms. The molecule has 0 aliphatic heterocycles. The summed E-state index contributed by atoms with van der Waals surface area (Å²) in [5.74, 6) is -3.23. The number of aliphatic carboxylic acids is 2. The molecule has 0 aromatic heterocycles. The molecule has 0 bridgehead atoms. The van der Waals surface area contributed by atoms with Crippen LogP contribution in [0.15, 0.2) is 18.2 Å². The molecule has 0 saturated heterocycles. The van der Waals surface area contributed by atoms with Crippen molar-refractivity contribution in [3.8, 4) is 5.75 Å². The lowest BCUT2D eigenvalue weighted by Gasteiger charge is -2.21. The number of carbonyl (C=O) groups is 2. The van der Waals surface area contributed by atoms with Crippen molar-refractivity contribution in [1.82, 2.24) is 0 Å². The van der Waals surface area contributed by atoms with Gasteiger partial charge < -0.3 is 24.5 Å². The fourth-order valence-corrected chi connectivity index (χ4v) is 1.50. The fourth-order valence-electron chi connectivity index (χ4n) is 1.05. The third-order valence-electron chi connectivity index (χ3n) is 1.78. The molecule has 0 aliphatic carbocycles. The van der Waals surface area contributed by atoms with Crippen molar-refractivity contribution < 1.29 is 24.5 Å². The predicted octanol–water partition coefficient (Wildman–Crippen LogP) is -0.369. The number of carbonyl (C=O) groups excluding carboxylic acids is 2. The second kappa shape index (κ2) is 5.75. The van der Waals surface area contributed by atoms with Crippen LogP contribution in [-0.4, -0.2) is 18.0 Å². The number of rotatable bonds is 5. The van der Waals surface area contributed by atoms with Gasteiger partial charge in [-0.05, 0) is 18.2 Å². The van der Waals surface area contributed by atoms with Crippen LogP contribution >= 0.6 is 23.2 Å². The number of carboxylic acid groups (broad SMARTS) is 2. The van der Waals surface area contributed by atoms with Crippen molar-refractivity contribution in [3.05, 3.63) is 28.2 Å². The Morgan fingerprint density at radius 1 is 1.29 bits per heavy atom. The monoisotopic (exact) mass is 276 g/mol. The molecule has 17 heavy (non-hydrogen) atoms. The Bertz CT molecular complexity index is 446. The van der Waals surface area contributed by atoms with Crippen molar-refractivity contribution in [1.29, 1.82) is 0 Å². The van der Waals surface area contributed by atoms with Crippen LogP contribution in [0.5, 0.6) is 5.75 Å².